The highest BCUT2D eigenvalue weighted by Crippen LogP contribution is 2.31. The van der Waals surface area contributed by atoms with Gasteiger partial charge in [0.1, 0.15) is 11.6 Å². The van der Waals surface area contributed by atoms with Gasteiger partial charge < -0.3 is 20.4 Å². The Bertz CT molecular complexity index is 1210. The van der Waals surface area contributed by atoms with E-state index in [4.69, 9.17) is 16.3 Å². The molecule has 32 heavy (non-hydrogen) atoms. The number of aromatic amines is 1. The summed E-state index contributed by atoms with van der Waals surface area (Å²) in [5.41, 5.74) is 1.22. The molecule has 1 atom stereocenters. The molecule has 0 aliphatic carbocycles. The first-order valence-corrected chi connectivity index (χ1v) is 11.1. The molecule has 2 amide bonds. The number of hydrogen-bond donors (Lipinski definition) is 3. The molecule has 3 N–H and O–H groups in total. The average Bonchev–Trinajstić information content (AvgIpc) is 2.78. The molecule has 1 aromatic heterocycles. The second kappa shape index (κ2) is 9.46. The van der Waals surface area contributed by atoms with Crippen molar-refractivity contribution in [3.8, 4) is 5.75 Å². The van der Waals surface area contributed by atoms with Gasteiger partial charge >= 0.3 is 0 Å². The topological polar surface area (TPSA) is 113 Å². The predicted octanol–water partition coefficient (Wildman–Crippen LogP) is 3.79. The van der Waals surface area contributed by atoms with Gasteiger partial charge in [0, 0.05) is 22.9 Å². The Labute approximate surface area is 192 Å². The van der Waals surface area contributed by atoms with Crippen LogP contribution in [0.1, 0.15) is 23.5 Å². The summed E-state index contributed by atoms with van der Waals surface area (Å²) < 4.78 is 5.10. The summed E-state index contributed by atoms with van der Waals surface area (Å²) in [7, 11) is 1.55. The molecule has 164 valence electrons. The molecule has 0 saturated heterocycles. The fraction of sp³-hybridized carbons (Fsp3) is 0.182. The van der Waals surface area contributed by atoms with E-state index in [2.05, 4.69) is 20.6 Å². The lowest BCUT2D eigenvalue weighted by atomic mass is 9.92. The molecule has 10 heteroatoms. The summed E-state index contributed by atoms with van der Waals surface area (Å²) in [6.07, 6.45) is -0.142. The number of ether oxygens (including phenoxy) is 1. The summed E-state index contributed by atoms with van der Waals surface area (Å²) >= 11 is 7.21. The number of amides is 2. The number of aromatic nitrogens is 2. The number of anilines is 2. The Morgan fingerprint density at radius 3 is 2.59 bits per heavy atom. The number of H-pyrrole nitrogens is 1. The first-order chi connectivity index (χ1) is 15.4. The monoisotopic (exact) mass is 470 g/mol. The summed E-state index contributed by atoms with van der Waals surface area (Å²) in [5.74, 6) is -0.478. The highest BCUT2D eigenvalue weighted by Gasteiger charge is 2.34. The van der Waals surface area contributed by atoms with Gasteiger partial charge in [-0.15, -0.1) is 0 Å². The number of carbonyl (C=O) groups is 2. The molecule has 0 radical (unpaired) electrons. The quantitative estimate of drug-likeness (QED) is 0.373. The molecule has 0 spiro atoms. The van der Waals surface area contributed by atoms with E-state index >= 15 is 0 Å². The van der Waals surface area contributed by atoms with Gasteiger partial charge in [0.25, 0.3) is 5.56 Å². The minimum absolute atomic E-state index is 0.110. The zero-order valence-corrected chi connectivity index (χ0v) is 18.5. The number of rotatable bonds is 6. The molecule has 1 aliphatic rings. The largest absolute Gasteiger partial charge is 0.497 e. The Morgan fingerprint density at radius 1 is 1.19 bits per heavy atom. The van der Waals surface area contributed by atoms with Gasteiger partial charge in [0.15, 0.2) is 5.16 Å². The summed E-state index contributed by atoms with van der Waals surface area (Å²) in [5, 5.41) is 6.35. The van der Waals surface area contributed by atoms with Crippen molar-refractivity contribution in [3.05, 3.63) is 75.0 Å². The van der Waals surface area contributed by atoms with Crippen LogP contribution in [0.25, 0.3) is 0 Å². The van der Waals surface area contributed by atoms with Crippen LogP contribution in [-0.4, -0.2) is 28.9 Å². The van der Waals surface area contributed by atoms with Crippen LogP contribution in [0.3, 0.4) is 0 Å². The van der Waals surface area contributed by atoms with Crippen molar-refractivity contribution in [2.24, 2.45) is 0 Å². The van der Waals surface area contributed by atoms with Crippen LogP contribution in [0.15, 0.2) is 58.5 Å². The standard InChI is InChI=1S/C22H19ClN4O4S/c1-31-15-8-6-14(7-9-15)24-20(29)16-10-17(28)25-19-18(16)21(30)27-22(26-19)32-11-12-2-4-13(23)5-3-12/h2-9,16H,10-11H2,1H3,(H,24,29)(H2,25,26,27,28,30)/t16-/m1/s1. The Hall–Kier alpha value is -3.30. The van der Waals surface area contributed by atoms with Crippen LogP contribution in [0.2, 0.25) is 5.02 Å². The minimum atomic E-state index is -0.951. The molecule has 4 rings (SSSR count). The molecule has 1 aliphatic heterocycles. The van der Waals surface area contributed by atoms with Crippen LogP contribution in [0.4, 0.5) is 11.5 Å². The van der Waals surface area contributed by atoms with Crippen LogP contribution >= 0.6 is 23.4 Å². The smallest absolute Gasteiger partial charge is 0.257 e. The molecule has 0 unspecified atom stereocenters. The van der Waals surface area contributed by atoms with E-state index in [1.165, 1.54) is 11.8 Å². The van der Waals surface area contributed by atoms with Gasteiger partial charge in [-0.05, 0) is 42.0 Å². The van der Waals surface area contributed by atoms with Crippen molar-refractivity contribution in [1.29, 1.82) is 0 Å². The molecule has 0 fully saturated rings. The fourth-order valence-electron chi connectivity index (χ4n) is 3.28. The lowest BCUT2D eigenvalue weighted by Crippen LogP contribution is -2.36. The van der Waals surface area contributed by atoms with Gasteiger partial charge in [0.05, 0.1) is 18.6 Å². The van der Waals surface area contributed by atoms with Crippen molar-refractivity contribution in [2.75, 3.05) is 17.7 Å². The highest BCUT2D eigenvalue weighted by molar-refractivity contribution is 7.98. The first-order valence-electron chi connectivity index (χ1n) is 9.69. The minimum Gasteiger partial charge on any atom is -0.497 e. The maximum Gasteiger partial charge on any atom is 0.257 e. The third-order valence-electron chi connectivity index (χ3n) is 4.89. The summed E-state index contributed by atoms with van der Waals surface area (Å²) in [6.45, 7) is 0. The summed E-state index contributed by atoms with van der Waals surface area (Å²) in [4.78, 5) is 45.0. The van der Waals surface area contributed by atoms with E-state index < -0.39 is 17.4 Å². The molecule has 2 heterocycles. The van der Waals surface area contributed by atoms with E-state index in [9.17, 15) is 14.4 Å². The Morgan fingerprint density at radius 2 is 1.91 bits per heavy atom. The normalized spacial score (nSPS) is 14.9. The molecular formula is C22H19ClN4O4S. The van der Waals surface area contributed by atoms with Crippen molar-refractivity contribution >= 4 is 46.7 Å². The van der Waals surface area contributed by atoms with Crippen molar-refractivity contribution in [2.45, 2.75) is 23.2 Å². The number of fused-ring (bicyclic) bond motifs is 1. The number of hydrogen-bond acceptors (Lipinski definition) is 6. The third-order valence-corrected chi connectivity index (χ3v) is 6.09. The maximum atomic E-state index is 12.9. The predicted molar refractivity (Wildman–Crippen MR) is 123 cm³/mol. The molecule has 0 bridgehead atoms. The molecule has 3 aromatic rings. The number of nitrogens with zero attached hydrogens (tertiary/aromatic N) is 1. The van der Waals surface area contributed by atoms with Crippen LogP contribution in [0, 0.1) is 0 Å². The van der Waals surface area contributed by atoms with Gasteiger partial charge in [-0.1, -0.05) is 35.5 Å². The number of benzene rings is 2. The lowest BCUT2D eigenvalue weighted by Gasteiger charge is -2.23. The number of thioether (sulfide) groups is 1. The van der Waals surface area contributed by atoms with Crippen molar-refractivity contribution in [3.63, 3.8) is 0 Å². The molecule has 8 nitrogen and oxygen atoms in total. The first kappa shape index (κ1) is 21.9. The Kier molecular flexibility index (Phi) is 6.48. The van der Waals surface area contributed by atoms with Crippen LogP contribution < -0.4 is 20.9 Å². The molecule has 2 aromatic carbocycles. The SMILES string of the molecule is COc1ccc(NC(=O)[C@@H]2CC(=O)Nc3nc(SCc4ccc(Cl)cc4)[nH]c(=O)c32)cc1. The van der Waals surface area contributed by atoms with E-state index in [0.717, 1.165) is 5.56 Å². The van der Waals surface area contributed by atoms with Gasteiger partial charge in [0.2, 0.25) is 11.8 Å². The van der Waals surface area contributed by atoms with E-state index in [0.29, 0.717) is 27.4 Å². The van der Waals surface area contributed by atoms with Crippen LogP contribution in [0.5, 0.6) is 5.75 Å². The van der Waals surface area contributed by atoms with Gasteiger partial charge in [-0.2, -0.15) is 0 Å². The zero-order chi connectivity index (χ0) is 22.7. The number of methoxy groups -OCH3 is 1. The van der Waals surface area contributed by atoms with E-state index in [1.54, 1.807) is 43.5 Å². The second-order valence-corrected chi connectivity index (χ2v) is 8.47. The fourth-order valence-corrected chi connectivity index (χ4v) is 4.22. The summed E-state index contributed by atoms with van der Waals surface area (Å²) in [6, 6.07) is 14.1. The average molecular weight is 471 g/mol. The lowest BCUT2D eigenvalue weighted by molar-refractivity contribution is -0.123. The number of nitrogens with one attached hydrogen (secondary N) is 3. The van der Waals surface area contributed by atoms with E-state index in [1.807, 2.05) is 12.1 Å². The van der Waals surface area contributed by atoms with Crippen LogP contribution in [-0.2, 0) is 15.3 Å². The highest BCUT2D eigenvalue weighted by atomic mass is 35.5. The molecule has 0 saturated carbocycles. The third kappa shape index (κ3) is 4.95. The van der Waals surface area contributed by atoms with Crippen molar-refractivity contribution in [1.82, 2.24) is 9.97 Å². The Balaban J connectivity index is 1.54. The van der Waals surface area contributed by atoms with Gasteiger partial charge in [-0.25, -0.2) is 4.98 Å². The van der Waals surface area contributed by atoms with Crippen molar-refractivity contribution < 1.29 is 14.3 Å². The van der Waals surface area contributed by atoms with E-state index in [-0.39, 0.29) is 23.7 Å². The number of carbonyl (C=O) groups excluding carboxylic acids is 2. The van der Waals surface area contributed by atoms with Gasteiger partial charge in [-0.3, -0.25) is 14.4 Å². The zero-order valence-electron chi connectivity index (χ0n) is 17.0. The molecular weight excluding hydrogens is 452 g/mol. The number of halogens is 1. The maximum absolute atomic E-state index is 12.9. The second-order valence-electron chi connectivity index (χ2n) is 7.07.